The highest BCUT2D eigenvalue weighted by molar-refractivity contribution is 6.28. The van der Waals surface area contributed by atoms with Gasteiger partial charge in [0.25, 0.3) is 0 Å². The Bertz CT molecular complexity index is 758. The summed E-state index contributed by atoms with van der Waals surface area (Å²) in [4.78, 5) is 25.5. The Labute approximate surface area is 132 Å². The van der Waals surface area contributed by atoms with E-state index in [0.717, 1.165) is 0 Å². The van der Waals surface area contributed by atoms with Crippen molar-refractivity contribution in [2.24, 2.45) is 0 Å². The molecule has 23 heavy (non-hydrogen) atoms. The molecular weight excluding hydrogens is 304 g/mol. The summed E-state index contributed by atoms with van der Waals surface area (Å²) in [6.45, 7) is 1.25. The minimum absolute atomic E-state index is 0.0142. The number of ether oxygens (including phenoxy) is 3. The fourth-order valence-corrected chi connectivity index (χ4v) is 2.92. The van der Waals surface area contributed by atoms with Crippen LogP contribution in [0.1, 0.15) is 34.1 Å². The van der Waals surface area contributed by atoms with Gasteiger partial charge in [0.05, 0.1) is 26.4 Å². The maximum Gasteiger partial charge on any atom is 0.201 e. The molecule has 0 aromatic heterocycles. The Kier molecular flexibility index (Phi) is 3.42. The number of hydrogen-bond acceptors (Lipinski definition) is 7. The summed E-state index contributed by atoms with van der Waals surface area (Å²) >= 11 is 0. The number of aromatic hydroxyl groups is 1. The van der Waals surface area contributed by atoms with Crippen molar-refractivity contribution in [2.75, 3.05) is 20.8 Å². The van der Waals surface area contributed by atoms with Crippen molar-refractivity contribution >= 4 is 11.6 Å². The molecule has 0 amide bonds. The van der Waals surface area contributed by atoms with E-state index in [-0.39, 0.29) is 52.5 Å². The molecule has 1 aromatic rings. The number of carbonyl (C=O) groups excluding carboxylic acids is 2. The van der Waals surface area contributed by atoms with Gasteiger partial charge in [-0.3, -0.25) is 9.59 Å². The number of ketones is 2. The fraction of sp³-hybridized carbons (Fsp3) is 0.375. The van der Waals surface area contributed by atoms with Crippen molar-refractivity contribution in [3.63, 3.8) is 0 Å². The van der Waals surface area contributed by atoms with Gasteiger partial charge in [-0.1, -0.05) is 0 Å². The van der Waals surface area contributed by atoms with Gasteiger partial charge in [-0.05, 0) is 13.0 Å². The summed E-state index contributed by atoms with van der Waals surface area (Å²) < 4.78 is 15.4. The minimum Gasteiger partial charge on any atom is -0.502 e. The highest BCUT2D eigenvalue weighted by Crippen LogP contribution is 2.46. The Hall–Kier alpha value is -2.38. The van der Waals surface area contributed by atoms with Crippen LogP contribution in [-0.4, -0.2) is 48.4 Å². The Morgan fingerprint density at radius 1 is 1.17 bits per heavy atom. The SMILES string of the molecule is COc1cc2c(c(OC)c1O)C(=O)C1=C(C[C@@](C)(O)OC1)C2=O. The molecule has 122 valence electrons. The zero-order chi connectivity index (χ0) is 16.9. The molecule has 1 aliphatic heterocycles. The van der Waals surface area contributed by atoms with Gasteiger partial charge in [-0.15, -0.1) is 0 Å². The van der Waals surface area contributed by atoms with Crippen LogP contribution in [0, 0.1) is 0 Å². The van der Waals surface area contributed by atoms with Crippen LogP contribution in [0.15, 0.2) is 17.2 Å². The summed E-state index contributed by atoms with van der Waals surface area (Å²) in [5.41, 5.74) is 0.461. The third-order valence-corrected chi connectivity index (χ3v) is 4.06. The van der Waals surface area contributed by atoms with Gasteiger partial charge in [-0.25, -0.2) is 0 Å². The largest absolute Gasteiger partial charge is 0.502 e. The van der Waals surface area contributed by atoms with Crippen molar-refractivity contribution < 1.29 is 34.0 Å². The second-order valence-electron chi connectivity index (χ2n) is 5.64. The third kappa shape index (κ3) is 2.20. The highest BCUT2D eigenvalue weighted by atomic mass is 16.6. The summed E-state index contributed by atoms with van der Waals surface area (Å²) in [5.74, 6) is -2.79. The molecule has 1 atom stereocenters. The van der Waals surface area contributed by atoms with Crippen molar-refractivity contribution in [1.29, 1.82) is 0 Å². The van der Waals surface area contributed by atoms with Gasteiger partial charge >= 0.3 is 0 Å². The van der Waals surface area contributed by atoms with Crippen LogP contribution in [0.5, 0.6) is 17.2 Å². The van der Waals surface area contributed by atoms with Gasteiger partial charge in [-0.2, -0.15) is 0 Å². The molecule has 7 heteroatoms. The van der Waals surface area contributed by atoms with E-state index in [1.165, 1.54) is 27.2 Å². The quantitative estimate of drug-likeness (QED) is 0.844. The third-order valence-electron chi connectivity index (χ3n) is 4.06. The van der Waals surface area contributed by atoms with Crippen LogP contribution in [0.3, 0.4) is 0 Å². The number of carbonyl (C=O) groups is 2. The minimum atomic E-state index is -1.50. The molecule has 0 saturated heterocycles. The number of Topliss-reactive ketones (excluding diaryl/α,β-unsaturated/α-hetero) is 2. The molecule has 7 nitrogen and oxygen atoms in total. The van der Waals surface area contributed by atoms with Crippen LogP contribution in [-0.2, 0) is 4.74 Å². The lowest BCUT2D eigenvalue weighted by Gasteiger charge is -2.34. The molecule has 0 unspecified atom stereocenters. The lowest BCUT2D eigenvalue weighted by Crippen LogP contribution is -2.39. The fourth-order valence-electron chi connectivity index (χ4n) is 2.92. The molecule has 3 rings (SSSR count). The number of aliphatic hydroxyl groups is 1. The van der Waals surface area contributed by atoms with Crippen LogP contribution < -0.4 is 9.47 Å². The van der Waals surface area contributed by atoms with Crippen LogP contribution in [0.4, 0.5) is 0 Å². The van der Waals surface area contributed by atoms with Crippen LogP contribution >= 0.6 is 0 Å². The monoisotopic (exact) mass is 320 g/mol. The second-order valence-corrected chi connectivity index (χ2v) is 5.64. The number of hydrogen-bond donors (Lipinski definition) is 2. The summed E-state index contributed by atoms with van der Waals surface area (Å²) in [6, 6.07) is 1.31. The van der Waals surface area contributed by atoms with E-state index in [2.05, 4.69) is 0 Å². The van der Waals surface area contributed by atoms with Gasteiger partial charge in [0.15, 0.2) is 28.9 Å². The molecule has 1 aromatic carbocycles. The average molecular weight is 320 g/mol. The standard InChI is InChI=1S/C16H16O7/c1-16(20)5-8-9(6-23-16)13(18)11-7(12(8)17)4-10(21-2)14(19)15(11)22-3/h4,19-20H,5-6H2,1-3H3/t16-/m0/s1. The molecular formula is C16H16O7. The average Bonchev–Trinajstić information content (AvgIpc) is 2.51. The molecule has 0 saturated carbocycles. The second kappa shape index (κ2) is 5.07. The lowest BCUT2D eigenvalue weighted by atomic mass is 9.80. The van der Waals surface area contributed by atoms with Gasteiger partial charge in [0, 0.05) is 23.1 Å². The van der Waals surface area contributed by atoms with E-state index >= 15 is 0 Å². The smallest absolute Gasteiger partial charge is 0.201 e. The number of rotatable bonds is 2. The van der Waals surface area contributed by atoms with Crippen molar-refractivity contribution in [3.05, 3.63) is 28.3 Å². The van der Waals surface area contributed by atoms with Crippen LogP contribution in [0.2, 0.25) is 0 Å². The van der Waals surface area contributed by atoms with E-state index in [0.29, 0.717) is 0 Å². The molecule has 0 radical (unpaired) electrons. The number of fused-ring (bicyclic) bond motifs is 1. The van der Waals surface area contributed by atoms with E-state index in [9.17, 15) is 19.8 Å². The van der Waals surface area contributed by atoms with E-state index in [1.54, 1.807) is 0 Å². The highest BCUT2D eigenvalue weighted by Gasteiger charge is 2.42. The molecule has 0 spiro atoms. The predicted molar refractivity (Wildman–Crippen MR) is 78.1 cm³/mol. The molecule has 0 bridgehead atoms. The van der Waals surface area contributed by atoms with Crippen molar-refractivity contribution in [2.45, 2.75) is 19.1 Å². The number of methoxy groups -OCH3 is 2. The Morgan fingerprint density at radius 2 is 1.87 bits per heavy atom. The van der Waals surface area contributed by atoms with Gasteiger partial charge < -0.3 is 24.4 Å². The summed E-state index contributed by atoms with van der Waals surface area (Å²) in [5, 5.41) is 20.1. The molecule has 1 heterocycles. The lowest BCUT2D eigenvalue weighted by molar-refractivity contribution is -0.187. The number of phenols is 1. The Balaban J connectivity index is 2.25. The zero-order valence-electron chi connectivity index (χ0n) is 12.9. The van der Waals surface area contributed by atoms with E-state index in [4.69, 9.17) is 14.2 Å². The van der Waals surface area contributed by atoms with E-state index < -0.39 is 17.4 Å². The molecule has 0 fully saturated rings. The summed E-state index contributed by atoms with van der Waals surface area (Å²) in [7, 11) is 2.62. The normalized spacial score (nSPS) is 23.5. The zero-order valence-corrected chi connectivity index (χ0v) is 12.9. The molecule has 2 aliphatic rings. The number of phenolic OH excluding ortho intramolecular Hbond substituents is 1. The summed E-state index contributed by atoms with van der Waals surface area (Å²) in [6.07, 6.45) is -0.0855. The van der Waals surface area contributed by atoms with Crippen molar-refractivity contribution in [3.8, 4) is 17.2 Å². The molecule has 2 N–H and O–H groups in total. The number of benzene rings is 1. The maximum atomic E-state index is 12.8. The van der Waals surface area contributed by atoms with Gasteiger partial charge in [0.1, 0.15) is 0 Å². The first kappa shape index (κ1) is 15.5. The van der Waals surface area contributed by atoms with Gasteiger partial charge in [0.2, 0.25) is 5.75 Å². The van der Waals surface area contributed by atoms with Crippen molar-refractivity contribution in [1.82, 2.24) is 0 Å². The molecule has 1 aliphatic carbocycles. The van der Waals surface area contributed by atoms with Crippen LogP contribution in [0.25, 0.3) is 0 Å². The van der Waals surface area contributed by atoms with E-state index in [1.807, 2.05) is 0 Å². The first-order valence-corrected chi connectivity index (χ1v) is 6.96. The predicted octanol–water partition coefficient (Wildman–Crippen LogP) is 1.21. The first-order chi connectivity index (χ1) is 10.8. The topological polar surface area (TPSA) is 102 Å². The Morgan fingerprint density at radius 3 is 2.48 bits per heavy atom. The maximum absolute atomic E-state index is 12.8. The first-order valence-electron chi connectivity index (χ1n) is 6.96.